The van der Waals surface area contributed by atoms with Crippen LogP contribution in [0.4, 0.5) is 0 Å². The van der Waals surface area contributed by atoms with E-state index in [1.165, 1.54) is 29.7 Å². The first-order valence-electron chi connectivity index (χ1n) is 11.3. The number of nitrogens with one attached hydrogen (secondary N) is 1. The number of carbonyl (C=O) groups is 1. The Labute approximate surface area is 178 Å². The fourth-order valence-corrected chi connectivity index (χ4v) is 5.90. The second-order valence-electron chi connectivity index (χ2n) is 9.21. The van der Waals surface area contributed by atoms with Crippen molar-refractivity contribution in [3.05, 3.63) is 46.8 Å². The predicted molar refractivity (Wildman–Crippen MR) is 115 cm³/mol. The lowest BCUT2D eigenvalue weighted by Crippen LogP contribution is -2.33. The zero-order valence-electron chi connectivity index (χ0n) is 18.1. The van der Waals surface area contributed by atoms with Crippen LogP contribution < -0.4 is 4.74 Å². The molecular weight excluding hydrogens is 376 g/mol. The Morgan fingerprint density at radius 3 is 2.77 bits per heavy atom. The molecule has 3 heterocycles. The monoisotopic (exact) mass is 408 g/mol. The predicted octanol–water partition coefficient (Wildman–Crippen LogP) is 2.99. The van der Waals surface area contributed by atoms with E-state index in [0.29, 0.717) is 24.3 Å². The van der Waals surface area contributed by atoms with E-state index in [4.69, 9.17) is 4.74 Å². The highest BCUT2D eigenvalue weighted by Gasteiger charge is 2.47. The molecule has 1 aliphatic carbocycles. The average molecular weight is 409 g/mol. The molecule has 160 valence electrons. The Morgan fingerprint density at radius 2 is 1.97 bits per heavy atom. The van der Waals surface area contributed by atoms with Crippen LogP contribution in [-0.2, 0) is 24.1 Å². The van der Waals surface area contributed by atoms with Crippen LogP contribution in [0.2, 0.25) is 0 Å². The number of ether oxygens (including phenoxy) is 1. The summed E-state index contributed by atoms with van der Waals surface area (Å²) >= 11 is 0. The van der Waals surface area contributed by atoms with Crippen molar-refractivity contribution in [2.45, 2.75) is 44.6 Å². The first-order chi connectivity index (χ1) is 14.6. The average Bonchev–Trinajstić information content (AvgIpc) is 3.44. The summed E-state index contributed by atoms with van der Waals surface area (Å²) in [6.45, 7) is 2.81. The first-order valence-corrected chi connectivity index (χ1v) is 11.3. The second kappa shape index (κ2) is 8.06. The van der Waals surface area contributed by atoms with Crippen molar-refractivity contribution in [2.24, 2.45) is 11.8 Å². The van der Waals surface area contributed by atoms with Crippen molar-refractivity contribution < 1.29 is 9.53 Å². The molecule has 6 nitrogen and oxygen atoms in total. The normalized spacial score (nSPS) is 25.9. The minimum atomic E-state index is 0.285. The van der Waals surface area contributed by atoms with Crippen LogP contribution in [0, 0.1) is 11.8 Å². The Morgan fingerprint density at radius 1 is 1.17 bits per heavy atom. The van der Waals surface area contributed by atoms with Gasteiger partial charge >= 0.3 is 0 Å². The summed E-state index contributed by atoms with van der Waals surface area (Å²) in [5.74, 6) is 2.24. The summed E-state index contributed by atoms with van der Waals surface area (Å²) in [7, 11) is 3.91. The molecular formula is C24H32N4O2. The van der Waals surface area contributed by atoms with E-state index in [-0.39, 0.29) is 5.91 Å². The van der Waals surface area contributed by atoms with E-state index in [2.05, 4.69) is 39.2 Å². The third-order valence-corrected chi connectivity index (χ3v) is 7.42. The fourth-order valence-electron chi connectivity index (χ4n) is 5.90. The summed E-state index contributed by atoms with van der Waals surface area (Å²) in [5, 5.41) is 7.72. The summed E-state index contributed by atoms with van der Waals surface area (Å²) < 4.78 is 5.31. The molecule has 0 unspecified atom stereocenters. The van der Waals surface area contributed by atoms with Gasteiger partial charge in [0, 0.05) is 50.1 Å². The quantitative estimate of drug-likeness (QED) is 0.826. The van der Waals surface area contributed by atoms with Crippen molar-refractivity contribution >= 4 is 5.91 Å². The minimum Gasteiger partial charge on any atom is -0.497 e. The number of aromatic nitrogens is 2. The number of aromatic amines is 1. The van der Waals surface area contributed by atoms with Gasteiger partial charge in [-0.3, -0.25) is 14.8 Å². The maximum Gasteiger partial charge on any atom is 0.222 e. The lowest BCUT2D eigenvalue weighted by atomic mass is 9.89. The van der Waals surface area contributed by atoms with E-state index in [0.717, 1.165) is 50.3 Å². The lowest BCUT2D eigenvalue weighted by Gasteiger charge is -2.27. The molecule has 2 aromatic rings. The van der Waals surface area contributed by atoms with Crippen LogP contribution in [0.1, 0.15) is 47.8 Å². The van der Waals surface area contributed by atoms with E-state index in [1.54, 1.807) is 7.11 Å². The van der Waals surface area contributed by atoms with E-state index < -0.39 is 0 Å². The maximum atomic E-state index is 13.0. The molecule has 2 saturated heterocycles. The Kier molecular flexibility index (Phi) is 5.27. The van der Waals surface area contributed by atoms with Gasteiger partial charge in [-0.1, -0.05) is 12.1 Å². The largest absolute Gasteiger partial charge is 0.497 e. The number of H-pyrrole nitrogens is 1. The molecule has 1 aromatic carbocycles. The third kappa shape index (κ3) is 3.51. The van der Waals surface area contributed by atoms with Crippen LogP contribution in [-0.4, -0.2) is 59.7 Å². The van der Waals surface area contributed by atoms with Gasteiger partial charge in [0.25, 0.3) is 0 Å². The highest BCUT2D eigenvalue weighted by atomic mass is 16.5. The van der Waals surface area contributed by atoms with E-state index >= 15 is 0 Å². The van der Waals surface area contributed by atoms with Gasteiger partial charge in [0.05, 0.1) is 12.8 Å². The molecule has 0 spiro atoms. The van der Waals surface area contributed by atoms with Gasteiger partial charge < -0.3 is 9.64 Å². The molecule has 0 radical (unpaired) electrons. The van der Waals surface area contributed by atoms with Crippen molar-refractivity contribution in [2.75, 3.05) is 33.8 Å². The number of hydrogen-bond acceptors (Lipinski definition) is 4. The number of carbonyl (C=O) groups excluding carboxylic acids is 1. The van der Waals surface area contributed by atoms with Crippen molar-refractivity contribution in [1.29, 1.82) is 0 Å². The molecule has 3 atom stereocenters. The summed E-state index contributed by atoms with van der Waals surface area (Å²) in [4.78, 5) is 17.6. The van der Waals surface area contributed by atoms with E-state index in [1.807, 2.05) is 12.1 Å². The smallest absolute Gasteiger partial charge is 0.222 e. The number of rotatable bonds is 5. The SMILES string of the molecule is COc1ccc([C@H]2[C@@H]3CN(C(=O)CCc4n[nH]c5c4CCCC5)C[C@@H]3CN2C)cc1. The van der Waals surface area contributed by atoms with Crippen LogP contribution in [0.15, 0.2) is 24.3 Å². The lowest BCUT2D eigenvalue weighted by molar-refractivity contribution is -0.130. The van der Waals surface area contributed by atoms with Gasteiger partial charge in [0.1, 0.15) is 5.75 Å². The van der Waals surface area contributed by atoms with Gasteiger partial charge in [-0.15, -0.1) is 0 Å². The molecule has 1 aromatic heterocycles. The molecule has 6 heteroatoms. The molecule has 3 aliphatic rings. The highest BCUT2D eigenvalue weighted by Crippen LogP contribution is 2.44. The number of amides is 1. The van der Waals surface area contributed by atoms with Crippen molar-refractivity contribution in [3.63, 3.8) is 0 Å². The molecule has 2 aliphatic heterocycles. The van der Waals surface area contributed by atoms with Crippen molar-refractivity contribution in [3.8, 4) is 5.75 Å². The van der Waals surface area contributed by atoms with Crippen molar-refractivity contribution in [1.82, 2.24) is 20.0 Å². The van der Waals surface area contributed by atoms with Gasteiger partial charge in [0.2, 0.25) is 5.91 Å². The number of likely N-dealkylation sites (tertiary alicyclic amines) is 2. The number of hydrogen-bond donors (Lipinski definition) is 1. The molecule has 2 fully saturated rings. The standard InChI is InChI=1S/C24H32N4O2/c1-27-13-17-14-28(15-20(17)24(27)16-7-9-18(30-2)10-8-16)23(29)12-11-22-19-5-3-4-6-21(19)25-26-22/h7-10,17,20,24H,3-6,11-15H2,1-2H3,(H,25,26)/t17-,20+,24-/m0/s1. The number of aryl methyl sites for hydroxylation is 2. The number of nitrogens with zero attached hydrogens (tertiary/aromatic N) is 3. The zero-order valence-corrected chi connectivity index (χ0v) is 18.1. The first kappa shape index (κ1) is 19.6. The molecule has 1 amide bonds. The van der Waals surface area contributed by atoms with Crippen LogP contribution >= 0.6 is 0 Å². The molecule has 0 saturated carbocycles. The highest BCUT2D eigenvalue weighted by molar-refractivity contribution is 5.77. The van der Waals surface area contributed by atoms with Gasteiger partial charge in [0.15, 0.2) is 0 Å². The Bertz CT molecular complexity index is 906. The summed E-state index contributed by atoms with van der Waals surface area (Å²) in [6, 6.07) is 8.80. The number of benzene rings is 1. The molecule has 5 rings (SSSR count). The number of fused-ring (bicyclic) bond motifs is 2. The molecule has 0 bridgehead atoms. The van der Waals surface area contributed by atoms with Gasteiger partial charge in [-0.2, -0.15) is 5.10 Å². The van der Waals surface area contributed by atoms with E-state index in [9.17, 15) is 4.79 Å². The third-order valence-electron chi connectivity index (χ3n) is 7.42. The Hall–Kier alpha value is -2.34. The van der Waals surface area contributed by atoms with Gasteiger partial charge in [-0.25, -0.2) is 0 Å². The second-order valence-corrected chi connectivity index (χ2v) is 9.21. The topological polar surface area (TPSA) is 61.5 Å². The molecule has 30 heavy (non-hydrogen) atoms. The van der Waals surface area contributed by atoms with Crippen LogP contribution in [0.25, 0.3) is 0 Å². The fraction of sp³-hybridized carbons (Fsp3) is 0.583. The summed E-state index contributed by atoms with van der Waals surface area (Å²) in [6.07, 6.45) is 6.03. The number of methoxy groups -OCH3 is 1. The summed E-state index contributed by atoms with van der Waals surface area (Å²) in [5.41, 5.74) is 5.12. The Balaban J connectivity index is 1.22. The van der Waals surface area contributed by atoms with Gasteiger partial charge in [-0.05, 0) is 61.9 Å². The maximum absolute atomic E-state index is 13.0. The van der Waals surface area contributed by atoms with Crippen LogP contribution in [0.5, 0.6) is 5.75 Å². The van der Waals surface area contributed by atoms with Crippen LogP contribution in [0.3, 0.4) is 0 Å². The minimum absolute atomic E-state index is 0.285. The molecule has 1 N–H and O–H groups in total. The zero-order chi connectivity index (χ0) is 20.7.